The Morgan fingerprint density at radius 3 is 2.68 bits per heavy atom. The summed E-state index contributed by atoms with van der Waals surface area (Å²) in [5.41, 5.74) is 1.24. The fourth-order valence-corrected chi connectivity index (χ4v) is 3.08. The van der Waals surface area contributed by atoms with Gasteiger partial charge in [0.2, 0.25) is 5.91 Å². The van der Waals surface area contributed by atoms with Crippen molar-refractivity contribution in [3.8, 4) is 5.75 Å². The van der Waals surface area contributed by atoms with Crippen molar-refractivity contribution in [1.82, 2.24) is 24.8 Å². The maximum Gasteiger partial charge on any atom is 0.257 e. The van der Waals surface area contributed by atoms with Crippen LogP contribution in [0, 0.1) is 0 Å². The van der Waals surface area contributed by atoms with Gasteiger partial charge in [-0.05, 0) is 18.2 Å². The lowest BCUT2D eigenvalue weighted by Crippen LogP contribution is -2.37. The van der Waals surface area contributed by atoms with Gasteiger partial charge in [0.1, 0.15) is 5.75 Å². The fraction of sp³-hybridized carbons (Fsp3) is 0.474. The second-order valence-electron chi connectivity index (χ2n) is 6.86. The third kappa shape index (κ3) is 5.01. The Bertz CT molecular complexity index is 854. The minimum atomic E-state index is -0.169. The van der Waals surface area contributed by atoms with Gasteiger partial charge in [-0.3, -0.25) is 14.3 Å². The number of carbonyl (C=O) groups excluding carboxylic acids is 2. The summed E-state index contributed by atoms with van der Waals surface area (Å²) in [7, 11) is 3.45. The highest BCUT2D eigenvalue weighted by Gasteiger charge is 2.19. The lowest BCUT2D eigenvalue weighted by molar-refractivity contribution is -0.130. The number of benzene rings is 1. The van der Waals surface area contributed by atoms with Gasteiger partial charge in [-0.1, -0.05) is 16.8 Å². The molecule has 0 saturated carbocycles. The molecular weight excluding hydrogens is 382 g/mol. The molecule has 0 saturated heterocycles. The molecule has 1 aliphatic heterocycles. The summed E-state index contributed by atoms with van der Waals surface area (Å²) in [6.07, 6.45) is 3.45. The van der Waals surface area contributed by atoms with Crippen LogP contribution in [0.1, 0.15) is 28.9 Å². The Morgan fingerprint density at radius 1 is 1.07 bits per heavy atom. The second kappa shape index (κ2) is 9.05. The van der Waals surface area contributed by atoms with Crippen LogP contribution in [-0.2, 0) is 17.8 Å². The molecule has 28 heavy (non-hydrogen) atoms. The van der Waals surface area contributed by atoms with Gasteiger partial charge < -0.3 is 14.5 Å². The summed E-state index contributed by atoms with van der Waals surface area (Å²) in [5, 5.41) is 8.72. The number of hydrogen-bond acceptors (Lipinski definition) is 5. The number of aryl methyl sites for hydroxylation is 2. The maximum absolute atomic E-state index is 12.8. The Morgan fingerprint density at radius 2 is 1.86 bits per heavy atom. The largest absolute Gasteiger partial charge is 0.493 e. The molecule has 2 heterocycles. The molecule has 150 valence electrons. The predicted octanol–water partition coefficient (Wildman–Crippen LogP) is 1.88. The molecule has 0 radical (unpaired) electrons. The van der Waals surface area contributed by atoms with Crippen molar-refractivity contribution in [2.24, 2.45) is 0 Å². The summed E-state index contributed by atoms with van der Waals surface area (Å²) < 4.78 is 7.58. The molecule has 0 fully saturated rings. The van der Waals surface area contributed by atoms with E-state index < -0.39 is 0 Å². The smallest absolute Gasteiger partial charge is 0.257 e. The van der Waals surface area contributed by atoms with Gasteiger partial charge in [-0.2, -0.15) is 0 Å². The van der Waals surface area contributed by atoms with Crippen LogP contribution in [0.15, 0.2) is 24.4 Å². The predicted molar refractivity (Wildman–Crippen MR) is 105 cm³/mol. The first-order valence-corrected chi connectivity index (χ1v) is 9.62. The van der Waals surface area contributed by atoms with E-state index in [0.717, 1.165) is 5.69 Å². The minimum absolute atomic E-state index is 0.00947. The van der Waals surface area contributed by atoms with Gasteiger partial charge in [0.05, 0.1) is 17.9 Å². The Kier molecular flexibility index (Phi) is 6.51. The first-order valence-electron chi connectivity index (χ1n) is 9.25. The van der Waals surface area contributed by atoms with Crippen molar-refractivity contribution in [2.45, 2.75) is 25.8 Å². The lowest BCUT2D eigenvalue weighted by Gasteiger charge is -2.23. The minimum Gasteiger partial charge on any atom is -0.493 e. The van der Waals surface area contributed by atoms with Gasteiger partial charge in [-0.25, -0.2) is 0 Å². The van der Waals surface area contributed by atoms with E-state index in [9.17, 15) is 9.59 Å². The third-order valence-corrected chi connectivity index (χ3v) is 4.92. The van der Waals surface area contributed by atoms with Crippen LogP contribution in [0.4, 0.5) is 0 Å². The first-order chi connectivity index (χ1) is 13.4. The summed E-state index contributed by atoms with van der Waals surface area (Å²) in [4.78, 5) is 28.4. The molecule has 1 aromatic carbocycles. The standard InChI is InChI=1S/C19H24ClN5O3/c1-23-9-10-24(2)19(27)16-6-4-14(20)12-17(16)28-11-3-8-25-13-15(21-22-25)5-7-18(23)26/h4,6,12-13H,3,5,7-11H2,1-2H3. The number of nitrogens with zero attached hydrogens (tertiary/aromatic N) is 5. The number of likely N-dealkylation sites (N-methyl/N-ethyl adjacent to an activating group) is 2. The average molecular weight is 406 g/mol. The number of aromatic nitrogens is 3. The molecule has 9 heteroatoms. The van der Waals surface area contributed by atoms with E-state index in [1.165, 1.54) is 0 Å². The molecule has 3 rings (SSSR count). The van der Waals surface area contributed by atoms with Crippen LogP contribution >= 0.6 is 11.6 Å². The molecule has 0 spiro atoms. The highest BCUT2D eigenvalue weighted by atomic mass is 35.5. The molecule has 0 unspecified atom stereocenters. The average Bonchev–Trinajstić information content (AvgIpc) is 3.14. The zero-order chi connectivity index (χ0) is 20.1. The van der Waals surface area contributed by atoms with E-state index in [1.807, 2.05) is 6.20 Å². The van der Waals surface area contributed by atoms with Crippen molar-refractivity contribution < 1.29 is 14.3 Å². The molecule has 1 aromatic heterocycles. The topological polar surface area (TPSA) is 80.6 Å². The molecule has 8 nitrogen and oxygen atoms in total. The molecule has 2 aromatic rings. The second-order valence-corrected chi connectivity index (χ2v) is 7.29. The highest BCUT2D eigenvalue weighted by Crippen LogP contribution is 2.25. The van der Waals surface area contributed by atoms with Crippen LogP contribution in [0.25, 0.3) is 0 Å². The first kappa shape index (κ1) is 20.1. The number of fused-ring (bicyclic) bond motifs is 3. The van der Waals surface area contributed by atoms with E-state index in [-0.39, 0.29) is 11.8 Å². The molecular formula is C19H24ClN5O3. The summed E-state index contributed by atoms with van der Waals surface area (Å²) in [6.45, 7) is 1.90. The van der Waals surface area contributed by atoms with Crippen LogP contribution in [-0.4, -0.2) is 70.4 Å². The van der Waals surface area contributed by atoms with Crippen LogP contribution in [0.5, 0.6) is 5.75 Å². The number of rotatable bonds is 0. The van der Waals surface area contributed by atoms with Gasteiger partial charge in [0.15, 0.2) is 0 Å². The van der Waals surface area contributed by atoms with Gasteiger partial charge in [-0.15, -0.1) is 5.10 Å². The fourth-order valence-electron chi connectivity index (χ4n) is 2.92. The molecule has 0 atom stereocenters. The van der Waals surface area contributed by atoms with E-state index in [1.54, 1.807) is 46.8 Å². The summed E-state index contributed by atoms with van der Waals surface area (Å²) in [6, 6.07) is 4.99. The van der Waals surface area contributed by atoms with Crippen molar-refractivity contribution in [3.05, 3.63) is 40.7 Å². The Hall–Kier alpha value is -2.61. The quantitative estimate of drug-likeness (QED) is 0.668. The summed E-state index contributed by atoms with van der Waals surface area (Å²) in [5.74, 6) is 0.296. The molecule has 0 aliphatic carbocycles. The monoisotopic (exact) mass is 405 g/mol. The highest BCUT2D eigenvalue weighted by molar-refractivity contribution is 6.30. The molecule has 2 bridgehead atoms. The van der Waals surface area contributed by atoms with Crippen molar-refractivity contribution in [3.63, 3.8) is 0 Å². The van der Waals surface area contributed by atoms with E-state index in [4.69, 9.17) is 16.3 Å². The van der Waals surface area contributed by atoms with Gasteiger partial charge in [0, 0.05) is 64.2 Å². The number of amides is 2. The van der Waals surface area contributed by atoms with Gasteiger partial charge in [0.25, 0.3) is 5.91 Å². The third-order valence-electron chi connectivity index (χ3n) is 4.69. The Balaban J connectivity index is 1.81. The van der Waals surface area contributed by atoms with Crippen molar-refractivity contribution >= 4 is 23.4 Å². The van der Waals surface area contributed by atoms with Crippen LogP contribution < -0.4 is 4.74 Å². The number of hydrogen-bond donors (Lipinski definition) is 0. The molecule has 1 aliphatic rings. The Labute approximate surface area is 169 Å². The zero-order valence-corrected chi connectivity index (χ0v) is 16.9. The van der Waals surface area contributed by atoms with Crippen molar-refractivity contribution in [1.29, 1.82) is 0 Å². The number of halogens is 1. The van der Waals surface area contributed by atoms with Crippen LogP contribution in [0.3, 0.4) is 0 Å². The number of carbonyl (C=O) groups is 2. The zero-order valence-electron chi connectivity index (χ0n) is 16.1. The van der Waals surface area contributed by atoms with E-state index >= 15 is 0 Å². The van der Waals surface area contributed by atoms with Crippen molar-refractivity contribution in [2.75, 3.05) is 33.8 Å². The van der Waals surface area contributed by atoms with E-state index in [2.05, 4.69) is 10.3 Å². The summed E-state index contributed by atoms with van der Waals surface area (Å²) >= 11 is 6.09. The van der Waals surface area contributed by atoms with E-state index in [0.29, 0.717) is 61.8 Å². The number of ether oxygens (including phenoxy) is 1. The molecule has 2 amide bonds. The maximum atomic E-state index is 12.8. The molecule has 0 N–H and O–H groups in total. The normalized spacial score (nSPS) is 17.1. The lowest BCUT2D eigenvalue weighted by atomic mass is 10.1. The van der Waals surface area contributed by atoms with Crippen LogP contribution in [0.2, 0.25) is 5.02 Å². The SMILES string of the molecule is CN1CCN(C)C(=O)c2ccc(Cl)cc2OCCCn2cc(nn2)CCC1=O. The van der Waals surface area contributed by atoms with Gasteiger partial charge >= 0.3 is 0 Å².